The molecule has 0 radical (unpaired) electrons. The summed E-state index contributed by atoms with van der Waals surface area (Å²) in [7, 11) is 0. The van der Waals surface area contributed by atoms with E-state index in [0.29, 0.717) is 27.4 Å². The Labute approximate surface area is 147 Å². The Balaban J connectivity index is 2.18. The molecule has 8 heteroatoms. The lowest BCUT2D eigenvalue weighted by atomic mass is 10.1. The number of nitrogens with zero attached hydrogens (tertiary/aromatic N) is 2. The maximum absolute atomic E-state index is 10.5. The lowest BCUT2D eigenvalue weighted by Crippen LogP contribution is -2.22. The number of aromatic nitrogens is 2. The van der Waals surface area contributed by atoms with Gasteiger partial charge in [-0.25, -0.2) is 9.97 Å². The Morgan fingerprint density at radius 2 is 1.54 bits per heavy atom. The van der Waals surface area contributed by atoms with Crippen molar-refractivity contribution in [1.29, 1.82) is 0 Å². The first-order valence-corrected chi connectivity index (χ1v) is 9.11. The van der Waals surface area contributed by atoms with E-state index in [1.165, 1.54) is 23.5 Å². The molecule has 1 aromatic heterocycles. The summed E-state index contributed by atoms with van der Waals surface area (Å²) in [5, 5.41) is 22.1. The number of benzene rings is 1. The van der Waals surface area contributed by atoms with Gasteiger partial charge in [0.15, 0.2) is 5.16 Å². The van der Waals surface area contributed by atoms with E-state index in [0.717, 1.165) is 5.56 Å². The molecule has 0 saturated carbocycles. The Hall–Kier alpha value is -2.06. The van der Waals surface area contributed by atoms with Crippen molar-refractivity contribution in [3.63, 3.8) is 0 Å². The Morgan fingerprint density at radius 1 is 0.917 bits per heavy atom. The first-order chi connectivity index (χ1) is 11.5. The van der Waals surface area contributed by atoms with Crippen LogP contribution in [0.25, 0.3) is 11.3 Å². The second kappa shape index (κ2) is 9.29. The maximum Gasteiger partial charge on any atom is 0.189 e. The highest BCUT2D eigenvalue weighted by atomic mass is 32.2. The van der Waals surface area contributed by atoms with Crippen molar-refractivity contribution in [3.8, 4) is 11.3 Å². The van der Waals surface area contributed by atoms with E-state index in [4.69, 9.17) is 0 Å². The predicted molar refractivity (Wildman–Crippen MR) is 88.2 cm³/mol. The van der Waals surface area contributed by atoms with Crippen molar-refractivity contribution in [1.82, 2.24) is 9.97 Å². The monoisotopic (exact) mass is 362 g/mol. The van der Waals surface area contributed by atoms with Crippen LogP contribution in [0.5, 0.6) is 0 Å². The van der Waals surface area contributed by atoms with Crippen molar-refractivity contribution >= 4 is 35.5 Å². The van der Waals surface area contributed by atoms with Crippen LogP contribution in [0.15, 0.2) is 46.6 Å². The molecule has 0 bridgehead atoms. The molecule has 0 spiro atoms. The summed E-state index contributed by atoms with van der Waals surface area (Å²) >= 11 is 2.52. The highest BCUT2D eigenvalue weighted by molar-refractivity contribution is 7.99. The van der Waals surface area contributed by atoms with Gasteiger partial charge in [-0.05, 0) is 18.9 Å². The molecular weight excluding hydrogens is 348 g/mol. The van der Waals surface area contributed by atoms with Crippen LogP contribution in [0.4, 0.5) is 0 Å². The normalized spacial score (nSPS) is 10.5. The van der Waals surface area contributed by atoms with E-state index in [2.05, 4.69) is 9.97 Å². The molecule has 0 N–H and O–H groups in total. The number of hydrogen-bond donors (Lipinski definition) is 0. The number of aliphatic carboxylic acids is 2. The number of carboxylic acid groups (broad SMARTS) is 2. The summed E-state index contributed by atoms with van der Waals surface area (Å²) in [6, 6.07) is 11.3. The SMILES string of the molecule is O=C([O-])CCSc1cc(-c2ccccc2)nc(SCCC(=O)[O-])n1. The van der Waals surface area contributed by atoms with Gasteiger partial charge in [-0.2, -0.15) is 0 Å². The molecule has 0 unspecified atom stereocenters. The first kappa shape index (κ1) is 18.3. The summed E-state index contributed by atoms with van der Waals surface area (Å²) < 4.78 is 0. The summed E-state index contributed by atoms with van der Waals surface area (Å²) in [4.78, 5) is 29.8. The molecule has 0 aliphatic carbocycles. The van der Waals surface area contributed by atoms with E-state index in [-0.39, 0.29) is 12.8 Å². The minimum atomic E-state index is -1.12. The zero-order chi connectivity index (χ0) is 17.4. The molecule has 1 aromatic carbocycles. The number of carboxylic acids is 2. The average molecular weight is 362 g/mol. The number of rotatable bonds is 9. The number of carbonyl (C=O) groups excluding carboxylic acids is 2. The fourth-order valence-electron chi connectivity index (χ4n) is 1.76. The van der Waals surface area contributed by atoms with Gasteiger partial charge in [-0.15, -0.1) is 11.8 Å². The maximum atomic E-state index is 10.5. The smallest absolute Gasteiger partial charge is 0.189 e. The van der Waals surface area contributed by atoms with Crippen molar-refractivity contribution in [2.45, 2.75) is 23.0 Å². The van der Waals surface area contributed by atoms with Crippen LogP contribution >= 0.6 is 23.5 Å². The van der Waals surface area contributed by atoms with Gasteiger partial charge < -0.3 is 19.8 Å². The van der Waals surface area contributed by atoms with Gasteiger partial charge in [0.05, 0.1) is 5.69 Å². The van der Waals surface area contributed by atoms with Crippen LogP contribution < -0.4 is 10.2 Å². The van der Waals surface area contributed by atoms with E-state index in [9.17, 15) is 19.8 Å². The molecule has 0 aliphatic heterocycles. The second-order valence-electron chi connectivity index (χ2n) is 4.68. The topological polar surface area (TPSA) is 106 Å². The highest BCUT2D eigenvalue weighted by Gasteiger charge is 2.08. The van der Waals surface area contributed by atoms with Gasteiger partial charge in [0, 0.05) is 29.0 Å². The van der Waals surface area contributed by atoms with E-state index in [1.54, 1.807) is 6.07 Å². The van der Waals surface area contributed by atoms with Crippen molar-refractivity contribution < 1.29 is 19.8 Å². The predicted octanol–water partition coefficient (Wildman–Crippen LogP) is 0.608. The third kappa shape index (κ3) is 6.21. The van der Waals surface area contributed by atoms with E-state index >= 15 is 0 Å². The van der Waals surface area contributed by atoms with Crippen LogP contribution in [0, 0.1) is 0 Å². The van der Waals surface area contributed by atoms with Crippen LogP contribution in [0.2, 0.25) is 0 Å². The molecule has 2 rings (SSSR count). The highest BCUT2D eigenvalue weighted by Crippen LogP contribution is 2.26. The van der Waals surface area contributed by atoms with Crippen LogP contribution in [-0.2, 0) is 9.59 Å². The molecule has 6 nitrogen and oxygen atoms in total. The third-order valence-corrected chi connectivity index (χ3v) is 4.61. The summed E-state index contributed by atoms with van der Waals surface area (Å²) in [6.45, 7) is 0. The quantitative estimate of drug-likeness (QED) is 0.363. The largest absolute Gasteiger partial charge is 0.550 e. The van der Waals surface area contributed by atoms with Gasteiger partial charge in [-0.3, -0.25) is 0 Å². The fourth-order valence-corrected chi connectivity index (χ4v) is 3.42. The van der Waals surface area contributed by atoms with E-state index < -0.39 is 11.9 Å². The van der Waals surface area contributed by atoms with Crippen LogP contribution in [0.3, 0.4) is 0 Å². The van der Waals surface area contributed by atoms with Crippen molar-refractivity contribution in [2.75, 3.05) is 11.5 Å². The molecule has 0 saturated heterocycles. The second-order valence-corrected chi connectivity index (χ2v) is 6.86. The minimum Gasteiger partial charge on any atom is -0.550 e. The van der Waals surface area contributed by atoms with Gasteiger partial charge in [0.2, 0.25) is 0 Å². The fraction of sp³-hybridized carbons (Fsp3) is 0.250. The Morgan fingerprint density at radius 3 is 2.17 bits per heavy atom. The number of thioether (sulfide) groups is 2. The van der Waals surface area contributed by atoms with Crippen molar-refractivity contribution in [2.24, 2.45) is 0 Å². The molecule has 0 amide bonds. The van der Waals surface area contributed by atoms with Crippen LogP contribution in [0.1, 0.15) is 12.8 Å². The minimum absolute atomic E-state index is 0.0670. The van der Waals surface area contributed by atoms with Gasteiger partial charge >= 0.3 is 0 Å². The standard InChI is InChI=1S/C16H16N2O4S2/c19-14(20)6-8-23-13-10-12(11-4-2-1-3-5-11)17-16(18-13)24-9-7-15(21)22/h1-5,10H,6-9H2,(H,19,20)(H,21,22)/p-2. The molecule has 0 atom stereocenters. The third-order valence-electron chi connectivity index (χ3n) is 2.85. The molecule has 24 heavy (non-hydrogen) atoms. The summed E-state index contributed by atoms with van der Waals surface area (Å²) in [6.07, 6.45) is -0.154. The molecular formula is C16H14N2O4S2-2. The molecule has 1 heterocycles. The summed E-state index contributed by atoms with van der Waals surface area (Å²) in [5.74, 6) is -1.57. The lowest BCUT2D eigenvalue weighted by molar-refractivity contribution is -0.306. The summed E-state index contributed by atoms with van der Waals surface area (Å²) in [5.41, 5.74) is 1.61. The average Bonchev–Trinajstić information content (AvgIpc) is 2.55. The number of carbonyl (C=O) groups is 2. The zero-order valence-corrected chi connectivity index (χ0v) is 14.3. The van der Waals surface area contributed by atoms with Crippen molar-refractivity contribution in [3.05, 3.63) is 36.4 Å². The molecule has 2 aromatic rings. The van der Waals surface area contributed by atoms with Gasteiger partial charge in [0.25, 0.3) is 0 Å². The van der Waals surface area contributed by atoms with Gasteiger partial charge in [0.1, 0.15) is 5.03 Å². The Kier molecular flexibility index (Phi) is 7.07. The Bertz CT molecular complexity index is 672. The molecule has 0 aliphatic rings. The first-order valence-electron chi connectivity index (χ1n) is 7.14. The number of hydrogen-bond acceptors (Lipinski definition) is 8. The van der Waals surface area contributed by atoms with Crippen LogP contribution in [-0.4, -0.2) is 33.4 Å². The lowest BCUT2D eigenvalue weighted by Gasteiger charge is -2.08. The molecule has 126 valence electrons. The molecule has 0 fully saturated rings. The van der Waals surface area contributed by atoms with E-state index in [1.807, 2.05) is 30.3 Å². The van der Waals surface area contributed by atoms with Gasteiger partial charge in [-0.1, -0.05) is 42.1 Å². The zero-order valence-electron chi connectivity index (χ0n) is 12.6.